The van der Waals surface area contributed by atoms with Crippen molar-refractivity contribution >= 4 is 25.5 Å². The van der Waals surface area contributed by atoms with Crippen LogP contribution in [0.3, 0.4) is 0 Å². The maximum absolute atomic E-state index is 12.7. The summed E-state index contributed by atoms with van der Waals surface area (Å²) in [4.78, 5) is 0.132. The fourth-order valence-electron chi connectivity index (χ4n) is 3.08. The number of nitrogens with two attached hydrogens (primary N) is 1. The third-order valence-corrected chi connectivity index (χ3v) is 6.96. The Labute approximate surface area is 148 Å². The predicted molar refractivity (Wildman–Crippen MR) is 96.4 cm³/mol. The van der Waals surface area contributed by atoms with Gasteiger partial charge in [0.1, 0.15) is 0 Å². The van der Waals surface area contributed by atoms with E-state index >= 15 is 0 Å². The summed E-state index contributed by atoms with van der Waals surface area (Å²) in [5.41, 5.74) is 8.48. The number of hydrogen-bond acceptors (Lipinski definition) is 5. The van der Waals surface area contributed by atoms with Crippen LogP contribution >= 0.6 is 0 Å². The minimum atomic E-state index is -3.75. The summed E-state index contributed by atoms with van der Waals surface area (Å²) in [5.74, 6) is 0. The van der Waals surface area contributed by atoms with Gasteiger partial charge in [-0.25, -0.2) is 21.6 Å². The van der Waals surface area contributed by atoms with Gasteiger partial charge in [-0.05, 0) is 66.8 Å². The number of aryl methyl sites for hydroxylation is 1. The van der Waals surface area contributed by atoms with Crippen molar-refractivity contribution in [3.8, 4) is 0 Å². The smallest absolute Gasteiger partial charge is 0.241 e. The summed E-state index contributed by atoms with van der Waals surface area (Å²) in [7, 11) is -7.11. The molecule has 1 aliphatic rings. The Morgan fingerprint density at radius 3 is 2.28 bits per heavy atom. The molecule has 0 saturated carbocycles. The first-order valence-electron chi connectivity index (χ1n) is 7.87. The van der Waals surface area contributed by atoms with Gasteiger partial charge in [-0.15, -0.1) is 0 Å². The van der Waals surface area contributed by atoms with Crippen LogP contribution in [-0.4, -0.2) is 23.1 Å². The maximum Gasteiger partial charge on any atom is 0.241 e. The van der Waals surface area contributed by atoms with Crippen LogP contribution in [0, 0.1) is 0 Å². The lowest BCUT2D eigenvalue weighted by atomic mass is 9.88. The van der Waals surface area contributed by atoms with Crippen molar-refractivity contribution in [3.63, 3.8) is 0 Å². The minimum absolute atomic E-state index is 0.0440. The Morgan fingerprint density at radius 1 is 1.00 bits per heavy atom. The highest BCUT2D eigenvalue weighted by Crippen LogP contribution is 2.32. The van der Waals surface area contributed by atoms with Gasteiger partial charge in [0.2, 0.25) is 10.0 Å². The standard InChI is InChI=1S/C17H20N2O4S2/c1-24(20,21)14-6-8-15(9-7-14)25(22,23)19-17-4-2-3-12-11-13(18)5-10-16(12)17/h5-11,17,19H,2-4,18H2,1H3. The second-order valence-electron chi connectivity index (χ2n) is 6.27. The monoisotopic (exact) mass is 380 g/mol. The Bertz CT molecular complexity index is 997. The normalized spacial score (nSPS) is 17.9. The summed E-state index contributed by atoms with van der Waals surface area (Å²) < 4.78 is 51.0. The molecule has 0 spiro atoms. The number of nitrogen functional groups attached to an aromatic ring is 1. The Kier molecular flexibility index (Phi) is 4.61. The van der Waals surface area contributed by atoms with Crippen molar-refractivity contribution in [2.75, 3.05) is 12.0 Å². The van der Waals surface area contributed by atoms with Crippen LogP contribution in [-0.2, 0) is 26.3 Å². The molecule has 8 heteroatoms. The van der Waals surface area contributed by atoms with E-state index in [1.54, 1.807) is 6.07 Å². The number of rotatable bonds is 4. The van der Waals surface area contributed by atoms with E-state index < -0.39 is 19.9 Å². The third kappa shape index (κ3) is 3.86. The molecule has 1 unspecified atom stereocenters. The number of sulfonamides is 1. The average molecular weight is 380 g/mol. The fourth-order valence-corrected chi connectivity index (χ4v) is 4.96. The Hall–Kier alpha value is -1.90. The fraction of sp³-hybridized carbons (Fsp3) is 0.294. The van der Waals surface area contributed by atoms with E-state index in [1.807, 2.05) is 12.1 Å². The van der Waals surface area contributed by atoms with Crippen molar-refractivity contribution in [2.45, 2.75) is 35.1 Å². The lowest BCUT2D eigenvalue weighted by Crippen LogP contribution is -2.31. The number of benzene rings is 2. The highest BCUT2D eigenvalue weighted by atomic mass is 32.2. The molecule has 0 fully saturated rings. The molecule has 2 aromatic rings. The average Bonchev–Trinajstić information content (AvgIpc) is 2.54. The van der Waals surface area contributed by atoms with E-state index in [4.69, 9.17) is 5.73 Å². The summed E-state index contributed by atoms with van der Waals surface area (Å²) >= 11 is 0. The maximum atomic E-state index is 12.7. The minimum Gasteiger partial charge on any atom is -0.399 e. The second-order valence-corrected chi connectivity index (χ2v) is 10.00. The highest BCUT2D eigenvalue weighted by Gasteiger charge is 2.26. The third-order valence-electron chi connectivity index (χ3n) is 4.34. The van der Waals surface area contributed by atoms with E-state index in [2.05, 4.69) is 4.72 Å². The van der Waals surface area contributed by atoms with Crippen molar-refractivity contribution in [2.24, 2.45) is 0 Å². The molecule has 0 heterocycles. The molecular formula is C17H20N2O4S2. The molecule has 6 nitrogen and oxygen atoms in total. The number of anilines is 1. The van der Waals surface area contributed by atoms with Crippen LogP contribution in [0.5, 0.6) is 0 Å². The van der Waals surface area contributed by atoms with Gasteiger partial charge in [0, 0.05) is 18.0 Å². The van der Waals surface area contributed by atoms with Crippen LogP contribution in [0.4, 0.5) is 5.69 Å². The summed E-state index contributed by atoms with van der Waals surface area (Å²) in [6.07, 6.45) is 3.54. The molecule has 3 N–H and O–H groups in total. The molecule has 134 valence electrons. The van der Waals surface area contributed by atoms with Crippen molar-refractivity contribution in [3.05, 3.63) is 53.6 Å². The van der Waals surface area contributed by atoms with E-state index in [0.29, 0.717) is 12.1 Å². The van der Waals surface area contributed by atoms with Crippen molar-refractivity contribution < 1.29 is 16.8 Å². The van der Waals surface area contributed by atoms with Gasteiger partial charge >= 0.3 is 0 Å². The molecule has 1 aliphatic carbocycles. The Balaban J connectivity index is 1.88. The Morgan fingerprint density at radius 2 is 1.64 bits per heavy atom. The number of nitrogens with one attached hydrogen (secondary N) is 1. The van der Waals surface area contributed by atoms with E-state index in [9.17, 15) is 16.8 Å². The molecule has 0 aromatic heterocycles. The molecule has 25 heavy (non-hydrogen) atoms. The molecule has 0 radical (unpaired) electrons. The molecule has 0 aliphatic heterocycles. The van der Waals surface area contributed by atoms with Gasteiger partial charge in [0.25, 0.3) is 0 Å². The lowest BCUT2D eigenvalue weighted by Gasteiger charge is -2.26. The van der Waals surface area contributed by atoms with Crippen LogP contribution in [0.25, 0.3) is 0 Å². The van der Waals surface area contributed by atoms with E-state index in [0.717, 1.165) is 30.2 Å². The molecule has 3 rings (SSSR count). The number of fused-ring (bicyclic) bond motifs is 1. The zero-order valence-corrected chi connectivity index (χ0v) is 15.4. The van der Waals surface area contributed by atoms with Gasteiger partial charge in [-0.3, -0.25) is 0 Å². The van der Waals surface area contributed by atoms with E-state index in [-0.39, 0.29) is 15.8 Å². The van der Waals surface area contributed by atoms with Gasteiger partial charge in [-0.2, -0.15) is 0 Å². The first kappa shape index (κ1) is 17.9. The zero-order valence-electron chi connectivity index (χ0n) is 13.8. The summed E-state index contributed by atoms with van der Waals surface area (Å²) in [5, 5.41) is 0. The first-order valence-corrected chi connectivity index (χ1v) is 11.2. The SMILES string of the molecule is CS(=O)(=O)c1ccc(S(=O)(=O)NC2CCCc3cc(N)ccc32)cc1. The number of hydrogen-bond donors (Lipinski definition) is 2. The van der Waals surface area contributed by atoms with E-state index in [1.165, 1.54) is 24.3 Å². The molecule has 0 saturated heterocycles. The van der Waals surface area contributed by atoms with Crippen molar-refractivity contribution in [1.29, 1.82) is 0 Å². The highest BCUT2D eigenvalue weighted by molar-refractivity contribution is 7.90. The summed E-state index contributed by atoms with van der Waals surface area (Å²) in [6, 6.07) is 10.4. The van der Waals surface area contributed by atoms with Crippen LogP contribution in [0.1, 0.15) is 30.0 Å². The van der Waals surface area contributed by atoms with Gasteiger partial charge < -0.3 is 5.73 Å². The predicted octanol–water partition coefficient (Wildman–Crippen LogP) is 2.03. The lowest BCUT2D eigenvalue weighted by molar-refractivity contribution is 0.507. The second kappa shape index (κ2) is 6.44. The quantitative estimate of drug-likeness (QED) is 0.790. The van der Waals surface area contributed by atoms with Gasteiger partial charge in [0.05, 0.1) is 9.79 Å². The number of sulfone groups is 1. The van der Waals surface area contributed by atoms with Gasteiger partial charge in [0.15, 0.2) is 9.84 Å². The van der Waals surface area contributed by atoms with Crippen molar-refractivity contribution in [1.82, 2.24) is 4.72 Å². The summed E-state index contributed by atoms with van der Waals surface area (Å²) in [6.45, 7) is 0. The molecular weight excluding hydrogens is 360 g/mol. The molecule has 0 amide bonds. The largest absolute Gasteiger partial charge is 0.399 e. The van der Waals surface area contributed by atoms with Crippen LogP contribution in [0.2, 0.25) is 0 Å². The van der Waals surface area contributed by atoms with Gasteiger partial charge in [-0.1, -0.05) is 6.07 Å². The molecule has 0 bridgehead atoms. The zero-order chi connectivity index (χ0) is 18.2. The molecule has 1 atom stereocenters. The molecule has 2 aromatic carbocycles. The van der Waals surface area contributed by atoms with Crippen LogP contribution in [0.15, 0.2) is 52.3 Å². The topological polar surface area (TPSA) is 106 Å². The van der Waals surface area contributed by atoms with Crippen LogP contribution < -0.4 is 10.5 Å². The first-order chi connectivity index (χ1) is 11.7.